The average Bonchev–Trinajstić information content (AvgIpc) is 3.07. The van der Waals surface area contributed by atoms with Crippen LogP contribution in [0.2, 0.25) is 5.02 Å². The van der Waals surface area contributed by atoms with Crippen LogP contribution in [0.4, 0.5) is 5.69 Å². The number of fused-ring (bicyclic) bond motifs is 7. The molecule has 1 unspecified atom stereocenters. The summed E-state index contributed by atoms with van der Waals surface area (Å²) in [5.41, 5.74) is 3.82. The predicted octanol–water partition coefficient (Wildman–Crippen LogP) is 5.17. The lowest BCUT2D eigenvalue weighted by molar-refractivity contribution is -0.146. The highest BCUT2D eigenvalue weighted by Gasteiger charge is 2.46. The average molecular weight is 613 g/mol. The maximum absolute atomic E-state index is 13.4. The van der Waals surface area contributed by atoms with Crippen molar-refractivity contribution in [1.29, 1.82) is 0 Å². The first-order valence-corrected chi connectivity index (χ1v) is 17.7. The van der Waals surface area contributed by atoms with E-state index in [0.29, 0.717) is 30.6 Å². The minimum atomic E-state index is -2.87. The van der Waals surface area contributed by atoms with Gasteiger partial charge in [-0.25, -0.2) is 4.21 Å². The second-order valence-electron chi connectivity index (χ2n) is 13.2. The first-order valence-electron chi connectivity index (χ1n) is 15.4. The number of aryl methyl sites for hydroxylation is 1. The normalized spacial score (nSPS) is 36.5. The Labute approximate surface area is 254 Å². The van der Waals surface area contributed by atoms with E-state index < -0.39 is 9.71 Å². The van der Waals surface area contributed by atoms with Crippen molar-refractivity contribution in [2.45, 2.75) is 75.6 Å². The topological polar surface area (TPSA) is 77.1 Å². The third-order valence-electron chi connectivity index (χ3n) is 10.3. The highest BCUT2D eigenvalue weighted by atomic mass is 35.5. The minimum Gasteiger partial charge on any atom is -0.490 e. The van der Waals surface area contributed by atoms with Crippen molar-refractivity contribution in [2.75, 3.05) is 37.0 Å². The fourth-order valence-corrected chi connectivity index (χ4v) is 9.14. The minimum absolute atomic E-state index is 0.0542. The Morgan fingerprint density at radius 3 is 2.88 bits per heavy atom. The maximum Gasteiger partial charge on any atom is 0.262 e. The van der Waals surface area contributed by atoms with Gasteiger partial charge in [-0.2, -0.15) is 0 Å². The molecule has 9 heteroatoms. The number of nitrogens with zero attached hydrogens (tertiary/aromatic N) is 1. The van der Waals surface area contributed by atoms with Crippen LogP contribution in [0.1, 0.15) is 66.9 Å². The van der Waals surface area contributed by atoms with E-state index in [1.807, 2.05) is 18.2 Å². The zero-order valence-electron chi connectivity index (χ0n) is 24.3. The van der Waals surface area contributed by atoms with Crippen molar-refractivity contribution in [3.63, 3.8) is 0 Å². The summed E-state index contributed by atoms with van der Waals surface area (Å²) in [4.78, 5) is 15.8. The molecular weight excluding hydrogens is 572 g/mol. The predicted molar refractivity (Wildman–Crippen MR) is 167 cm³/mol. The van der Waals surface area contributed by atoms with Crippen molar-refractivity contribution < 1.29 is 23.2 Å². The van der Waals surface area contributed by atoms with Crippen LogP contribution in [0.25, 0.3) is 0 Å². The molecule has 2 aromatic rings. The van der Waals surface area contributed by atoms with Crippen LogP contribution in [0.5, 0.6) is 5.75 Å². The Morgan fingerprint density at radius 2 is 2.05 bits per heavy atom. The fraction of sp³-hybridized carbons (Fsp3) is 0.576. The van der Waals surface area contributed by atoms with E-state index in [9.17, 15) is 9.00 Å². The van der Waals surface area contributed by atoms with Gasteiger partial charge < -0.3 is 19.1 Å². The van der Waals surface area contributed by atoms with E-state index in [0.717, 1.165) is 74.5 Å². The van der Waals surface area contributed by atoms with E-state index in [1.54, 1.807) is 6.07 Å². The molecular formula is C33H41ClN2O5S. The van der Waals surface area contributed by atoms with Crippen molar-refractivity contribution in [3.05, 3.63) is 58.1 Å². The van der Waals surface area contributed by atoms with Crippen LogP contribution in [-0.4, -0.2) is 66.4 Å². The number of hydrogen-bond donors (Lipinski definition) is 1. The van der Waals surface area contributed by atoms with Gasteiger partial charge in [0.2, 0.25) is 0 Å². The van der Waals surface area contributed by atoms with Gasteiger partial charge in [0.05, 0.1) is 43.0 Å². The molecule has 1 N–H and O–H groups in total. The number of ether oxygens (including phenoxy) is 3. The molecule has 1 saturated carbocycles. The van der Waals surface area contributed by atoms with Crippen LogP contribution in [0, 0.1) is 11.8 Å². The Hall–Kier alpha value is -2.26. The third-order valence-corrected chi connectivity index (χ3v) is 11.9. The first-order chi connectivity index (χ1) is 20.2. The van der Waals surface area contributed by atoms with Gasteiger partial charge in [-0.05, 0) is 105 Å². The SMILES string of the molecule is C=S1(=O)CCO[C@H]2C[C@H](O[C@@H](C)C2)[C@@H]2CC[C@H]2CN2C[C@@]3(CCCc4cc(Cl)ccc43)COc3ccc(cc32)C(=O)N1. The molecule has 3 heterocycles. The molecule has 7 atom stereocenters. The second-order valence-corrected chi connectivity index (χ2v) is 15.9. The number of carbonyl (C=O) groups is 1. The second kappa shape index (κ2) is 11.0. The fourth-order valence-electron chi connectivity index (χ4n) is 8.02. The molecule has 2 aliphatic carbocycles. The quantitative estimate of drug-likeness (QED) is 0.414. The van der Waals surface area contributed by atoms with E-state index in [4.69, 9.17) is 25.8 Å². The zero-order valence-corrected chi connectivity index (χ0v) is 25.9. The summed E-state index contributed by atoms with van der Waals surface area (Å²) in [5.74, 6) is 5.36. The molecule has 2 aromatic carbocycles. The lowest BCUT2D eigenvalue weighted by Crippen LogP contribution is -2.51. The molecule has 42 heavy (non-hydrogen) atoms. The van der Waals surface area contributed by atoms with Crippen molar-refractivity contribution in [3.8, 4) is 5.75 Å². The van der Waals surface area contributed by atoms with Gasteiger partial charge >= 0.3 is 0 Å². The number of halogens is 1. The highest BCUT2D eigenvalue weighted by molar-refractivity contribution is 7.99. The molecule has 3 aliphatic heterocycles. The van der Waals surface area contributed by atoms with Gasteiger partial charge in [-0.3, -0.25) is 9.52 Å². The van der Waals surface area contributed by atoms with Crippen molar-refractivity contribution >= 4 is 38.8 Å². The smallest absolute Gasteiger partial charge is 0.262 e. The molecule has 1 amide bonds. The summed E-state index contributed by atoms with van der Waals surface area (Å²) < 4.78 is 35.3. The largest absolute Gasteiger partial charge is 0.490 e. The van der Waals surface area contributed by atoms with Crippen LogP contribution in [-0.2, 0) is 31.0 Å². The molecule has 2 fully saturated rings. The van der Waals surface area contributed by atoms with Gasteiger partial charge in [0, 0.05) is 45.2 Å². The number of rotatable bonds is 0. The molecule has 226 valence electrons. The van der Waals surface area contributed by atoms with Gasteiger partial charge in [0.25, 0.3) is 5.91 Å². The standard InChI is InChI=1S/C33H41ClN2O5S/c1-21-14-26-17-31(41-21)27-8-5-24(27)18-36-19-33(11-3-4-22-15-25(34)7-9-28(22)33)20-40-30-10-6-23(16-29(30)36)32(37)35-42(2,38)13-12-39-26/h6-7,9-10,15-16,21,24,26-27,31H,2-5,8,11-14,17-20H2,1H3,(H,35,37,38)/t21-,24-,26+,27+,31-,33-,42?/m0/s1. The van der Waals surface area contributed by atoms with E-state index in [1.165, 1.54) is 11.1 Å². The van der Waals surface area contributed by atoms with Gasteiger partial charge in [0.15, 0.2) is 0 Å². The Morgan fingerprint density at radius 1 is 1.17 bits per heavy atom. The number of anilines is 1. The van der Waals surface area contributed by atoms with Gasteiger partial charge in [-0.1, -0.05) is 17.7 Å². The lowest BCUT2D eigenvalue weighted by atomic mass is 9.67. The summed E-state index contributed by atoms with van der Waals surface area (Å²) in [6.07, 6.45) is 7.40. The first kappa shape index (κ1) is 28.5. The monoisotopic (exact) mass is 612 g/mol. The molecule has 7 nitrogen and oxygen atoms in total. The van der Waals surface area contributed by atoms with Gasteiger partial charge in [0.1, 0.15) is 5.75 Å². The molecule has 1 saturated heterocycles. The number of nitrogens with one attached hydrogen (secondary N) is 1. The maximum atomic E-state index is 13.4. The van der Waals surface area contributed by atoms with E-state index in [-0.39, 0.29) is 35.4 Å². The summed E-state index contributed by atoms with van der Waals surface area (Å²) in [6, 6.07) is 11.9. The number of amides is 1. The zero-order chi connectivity index (χ0) is 29.1. The molecule has 1 spiro atoms. The third kappa shape index (κ3) is 5.44. The summed E-state index contributed by atoms with van der Waals surface area (Å²) in [7, 11) is -2.87. The number of hydrogen-bond acceptors (Lipinski definition) is 6. The van der Waals surface area contributed by atoms with E-state index in [2.05, 4.69) is 34.5 Å². The van der Waals surface area contributed by atoms with Crippen molar-refractivity contribution in [2.24, 2.45) is 11.8 Å². The van der Waals surface area contributed by atoms with Crippen LogP contribution in [0.15, 0.2) is 36.4 Å². The molecule has 4 bridgehead atoms. The molecule has 0 radical (unpaired) electrons. The molecule has 7 rings (SSSR count). The summed E-state index contributed by atoms with van der Waals surface area (Å²) in [6.45, 7) is 4.64. The van der Waals surface area contributed by atoms with Gasteiger partial charge in [-0.15, -0.1) is 0 Å². The highest BCUT2D eigenvalue weighted by Crippen LogP contribution is 2.48. The summed E-state index contributed by atoms with van der Waals surface area (Å²) >= 11 is 6.43. The van der Waals surface area contributed by atoms with Crippen LogP contribution < -0.4 is 14.4 Å². The molecule has 0 aromatic heterocycles. The van der Waals surface area contributed by atoms with Crippen LogP contribution in [0.3, 0.4) is 0 Å². The lowest BCUT2D eigenvalue weighted by Gasteiger charge is -2.48. The van der Waals surface area contributed by atoms with E-state index >= 15 is 0 Å². The summed E-state index contributed by atoms with van der Waals surface area (Å²) in [5, 5.41) is 0.771. The Kier molecular flexibility index (Phi) is 7.48. The molecule has 5 aliphatic rings. The number of benzene rings is 2. The number of carbonyl (C=O) groups excluding carboxylic acids is 1. The van der Waals surface area contributed by atoms with Crippen LogP contribution >= 0.6 is 11.6 Å². The Balaban J connectivity index is 1.29. The Bertz CT molecular complexity index is 1480. The van der Waals surface area contributed by atoms with Crippen molar-refractivity contribution in [1.82, 2.24) is 4.72 Å².